The molecule has 0 fully saturated rings. The van der Waals surface area contributed by atoms with Crippen LogP contribution in [0.15, 0.2) is 47.1 Å². The van der Waals surface area contributed by atoms with Gasteiger partial charge >= 0.3 is 0 Å². The highest BCUT2D eigenvalue weighted by atomic mass is 79.9. The van der Waals surface area contributed by atoms with Crippen LogP contribution in [-0.2, 0) is 6.42 Å². The summed E-state index contributed by atoms with van der Waals surface area (Å²) in [6.07, 6.45) is 2.64. The van der Waals surface area contributed by atoms with E-state index in [0.29, 0.717) is 21.3 Å². The topological polar surface area (TPSA) is 66.0 Å². The van der Waals surface area contributed by atoms with Crippen LogP contribution >= 0.6 is 27.3 Å². The number of benzene rings is 1. The average molecular weight is 442 g/mol. The van der Waals surface area contributed by atoms with Crippen molar-refractivity contribution in [2.75, 3.05) is 5.32 Å². The maximum absolute atomic E-state index is 13.2. The standard InChI is InChI=1S/C19H13BrFN5S/c1-2-14-18(15-9-12(20)7-8-26(15)25-14)24-19-23-17(16(10-22)27-19)11-3-5-13(21)6-4-11/h3-9H,2H2,1H3,(H,23,24). The van der Waals surface area contributed by atoms with E-state index in [9.17, 15) is 9.65 Å². The third-order valence-corrected chi connectivity index (χ3v) is 5.45. The van der Waals surface area contributed by atoms with Gasteiger partial charge in [0.15, 0.2) is 5.13 Å². The van der Waals surface area contributed by atoms with Crippen molar-refractivity contribution in [1.29, 1.82) is 5.26 Å². The Labute approximate surface area is 167 Å². The van der Waals surface area contributed by atoms with Gasteiger partial charge in [0.05, 0.1) is 16.9 Å². The van der Waals surface area contributed by atoms with Crippen molar-refractivity contribution < 1.29 is 4.39 Å². The number of pyridine rings is 1. The monoisotopic (exact) mass is 441 g/mol. The number of aromatic nitrogens is 3. The number of nitriles is 1. The fraction of sp³-hybridized carbons (Fsp3) is 0.105. The molecule has 8 heteroatoms. The first-order chi connectivity index (χ1) is 13.1. The zero-order chi connectivity index (χ0) is 19.0. The fourth-order valence-corrected chi connectivity index (χ4v) is 3.94. The lowest BCUT2D eigenvalue weighted by molar-refractivity contribution is 0.628. The SMILES string of the molecule is CCc1nn2ccc(Br)cc2c1Nc1nc(-c2ccc(F)cc2)c(C#N)s1. The van der Waals surface area contributed by atoms with Gasteiger partial charge in [0, 0.05) is 16.2 Å². The van der Waals surface area contributed by atoms with E-state index < -0.39 is 0 Å². The zero-order valence-corrected chi connectivity index (χ0v) is 16.6. The third kappa shape index (κ3) is 3.31. The van der Waals surface area contributed by atoms with Crippen LogP contribution in [0.25, 0.3) is 16.8 Å². The number of hydrogen-bond acceptors (Lipinski definition) is 5. The summed E-state index contributed by atoms with van der Waals surface area (Å²) in [6.45, 7) is 2.04. The van der Waals surface area contributed by atoms with E-state index >= 15 is 0 Å². The van der Waals surface area contributed by atoms with E-state index in [1.807, 2.05) is 29.8 Å². The number of halogens is 2. The molecule has 4 rings (SSSR count). The summed E-state index contributed by atoms with van der Waals surface area (Å²) in [5, 5.41) is 18.0. The Bertz CT molecular complexity index is 1170. The molecule has 0 saturated heterocycles. The fourth-order valence-electron chi connectivity index (χ4n) is 2.81. The van der Waals surface area contributed by atoms with E-state index in [1.54, 1.807) is 12.1 Å². The molecule has 0 aliphatic carbocycles. The summed E-state index contributed by atoms with van der Waals surface area (Å²) in [5.74, 6) is -0.324. The quantitative estimate of drug-likeness (QED) is 0.451. The molecule has 4 aromatic rings. The Hall–Kier alpha value is -2.76. The number of aryl methyl sites for hydroxylation is 1. The Balaban J connectivity index is 1.78. The summed E-state index contributed by atoms with van der Waals surface area (Å²) in [5.41, 5.74) is 3.93. The van der Waals surface area contributed by atoms with Crippen LogP contribution in [0.5, 0.6) is 0 Å². The lowest BCUT2D eigenvalue weighted by Crippen LogP contribution is -1.93. The molecule has 134 valence electrons. The summed E-state index contributed by atoms with van der Waals surface area (Å²) in [4.78, 5) is 5.05. The maximum atomic E-state index is 13.2. The minimum Gasteiger partial charge on any atom is -0.328 e. The predicted octanol–water partition coefficient (Wildman–Crippen LogP) is 5.54. The molecule has 3 heterocycles. The van der Waals surface area contributed by atoms with E-state index in [-0.39, 0.29) is 5.82 Å². The number of fused-ring (bicyclic) bond motifs is 1. The predicted molar refractivity (Wildman–Crippen MR) is 108 cm³/mol. The van der Waals surface area contributed by atoms with Gasteiger partial charge in [-0.05, 0) is 42.8 Å². The molecule has 0 radical (unpaired) electrons. The maximum Gasteiger partial charge on any atom is 0.189 e. The Morgan fingerprint density at radius 1 is 1.30 bits per heavy atom. The van der Waals surface area contributed by atoms with Gasteiger partial charge in [-0.1, -0.05) is 34.2 Å². The molecule has 0 aliphatic heterocycles. The molecule has 5 nitrogen and oxygen atoms in total. The van der Waals surface area contributed by atoms with Crippen molar-refractivity contribution in [3.63, 3.8) is 0 Å². The smallest absolute Gasteiger partial charge is 0.189 e. The number of anilines is 2. The van der Waals surface area contributed by atoms with Gasteiger partial charge in [0.1, 0.15) is 22.5 Å². The summed E-state index contributed by atoms with van der Waals surface area (Å²) in [7, 11) is 0. The molecule has 27 heavy (non-hydrogen) atoms. The van der Waals surface area contributed by atoms with E-state index in [1.165, 1.54) is 23.5 Å². The molecule has 0 bridgehead atoms. The van der Waals surface area contributed by atoms with Crippen LogP contribution in [0, 0.1) is 17.1 Å². The average Bonchev–Trinajstić information content (AvgIpc) is 3.24. The second-order valence-corrected chi connectivity index (χ2v) is 7.71. The van der Waals surface area contributed by atoms with Crippen molar-refractivity contribution in [1.82, 2.24) is 14.6 Å². The summed E-state index contributed by atoms with van der Waals surface area (Å²) >= 11 is 4.75. The van der Waals surface area contributed by atoms with Crippen molar-refractivity contribution in [3.05, 3.63) is 63.5 Å². The first-order valence-electron chi connectivity index (χ1n) is 8.19. The zero-order valence-electron chi connectivity index (χ0n) is 14.2. The number of rotatable bonds is 4. The van der Waals surface area contributed by atoms with Crippen LogP contribution in [0.2, 0.25) is 0 Å². The van der Waals surface area contributed by atoms with Gasteiger partial charge in [-0.2, -0.15) is 10.4 Å². The number of nitrogens with one attached hydrogen (secondary N) is 1. The van der Waals surface area contributed by atoms with Crippen molar-refractivity contribution in [3.8, 4) is 17.3 Å². The Morgan fingerprint density at radius 2 is 2.07 bits per heavy atom. The second kappa shape index (κ2) is 7.10. The van der Waals surface area contributed by atoms with Gasteiger partial charge in [-0.3, -0.25) is 0 Å². The van der Waals surface area contributed by atoms with Crippen LogP contribution in [0.1, 0.15) is 17.5 Å². The molecule has 0 atom stereocenters. The first-order valence-corrected chi connectivity index (χ1v) is 9.80. The van der Waals surface area contributed by atoms with Crippen LogP contribution < -0.4 is 5.32 Å². The molecule has 0 amide bonds. The minimum atomic E-state index is -0.324. The highest BCUT2D eigenvalue weighted by Crippen LogP contribution is 2.34. The molecule has 0 unspecified atom stereocenters. The van der Waals surface area contributed by atoms with E-state index in [2.05, 4.69) is 37.4 Å². The van der Waals surface area contributed by atoms with Crippen LogP contribution in [0.3, 0.4) is 0 Å². The van der Waals surface area contributed by atoms with Gasteiger partial charge in [-0.15, -0.1) is 0 Å². The first kappa shape index (κ1) is 17.6. The van der Waals surface area contributed by atoms with E-state index in [4.69, 9.17) is 0 Å². The molecular formula is C19H13BrFN5S. The summed E-state index contributed by atoms with van der Waals surface area (Å²) < 4.78 is 16.0. The number of nitrogens with zero attached hydrogens (tertiary/aromatic N) is 4. The number of hydrogen-bond donors (Lipinski definition) is 1. The van der Waals surface area contributed by atoms with Crippen LogP contribution in [-0.4, -0.2) is 14.6 Å². The molecule has 3 aromatic heterocycles. The normalized spacial score (nSPS) is 10.9. The highest BCUT2D eigenvalue weighted by Gasteiger charge is 2.17. The third-order valence-electron chi connectivity index (χ3n) is 4.08. The lowest BCUT2D eigenvalue weighted by Gasteiger charge is -2.03. The van der Waals surface area contributed by atoms with Crippen molar-refractivity contribution in [2.45, 2.75) is 13.3 Å². The van der Waals surface area contributed by atoms with Gasteiger partial charge in [0.2, 0.25) is 0 Å². The van der Waals surface area contributed by atoms with Crippen molar-refractivity contribution >= 4 is 43.6 Å². The summed E-state index contributed by atoms with van der Waals surface area (Å²) in [6, 6.07) is 12.1. The molecule has 1 aromatic carbocycles. The van der Waals surface area contributed by atoms with Crippen molar-refractivity contribution in [2.24, 2.45) is 0 Å². The second-order valence-electron chi connectivity index (χ2n) is 5.79. The van der Waals surface area contributed by atoms with E-state index in [0.717, 1.165) is 27.8 Å². The number of thiazole rings is 1. The molecule has 0 spiro atoms. The molecule has 0 aliphatic rings. The van der Waals surface area contributed by atoms with Gasteiger partial charge in [-0.25, -0.2) is 13.9 Å². The minimum absolute atomic E-state index is 0.324. The Kier molecular flexibility index (Phi) is 4.64. The lowest BCUT2D eigenvalue weighted by atomic mass is 10.1. The van der Waals surface area contributed by atoms with Gasteiger partial charge < -0.3 is 5.32 Å². The largest absolute Gasteiger partial charge is 0.328 e. The van der Waals surface area contributed by atoms with Gasteiger partial charge in [0.25, 0.3) is 0 Å². The molecule has 0 saturated carbocycles. The molecular weight excluding hydrogens is 429 g/mol. The molecule has 1 N–H and O–H groups in total. The highest BCUT2D eigenvalue weighted by molar-refractivity contribution is 9.10. The van der Waals surface area contributed by atoms with Crippen LogP contribution in [0.4, 0.5) is 15.2 Å². The Morgan fingerprint density at radius 3 is 2.78 bits per heavy atom.